The number of hydrogen-bond donors (Lipinski definition) is 1. The minimum absolute atomic E-state index is 0.162. The first-order chi connectivity index (χ1) is 9.15. The molecule has 2 heterocycles. The molecule has 0 unspecified atom stereocenters. The van der Waals surface area contributed by atoms with Gasteiger partial charge in [-0.05, 0) is 12.1 Å². The lowest BCUT2D eigenvalue weighted by atomic mass is 10.3. The predicted octanol–water partition coefficient (Wildman–Crippen LogP) is 0.404. The molecule has 1 aromatic rings. The summed E-state index contributed by atoms with van der Waals surface area (Å²) in [7, 11) is -3.55. The number of morpholine rings is 1. The molecular formula is C11H14N2O5S. The Labute approximate surface area is 111 Å². The van der Waals surface area contributed by atoms with E-state index in [9.17, 15) is 8.42 Å². The Morgan fingerprint density at radius 2 is 1.84 bits per heavy atom. The van der Waals surface area contributed by atoms with E-state index in [-0.39, 0.29) is 6.79 Å². The SMILES string of the molecule is O=S(=O)(Nc1ccc2c(c1)OCO2)N1CCOCC1. The van der Waals surface area contributed by atoms with E-state index in [1.165, 1.54) is 4.31 Å². The number of nitrogens with zero attached hydrogens (tertiary/aromatic N) is 1. The van der Waals surface area contributed by atoms with E-state index in [0.717, 1.165) is 0 Å². The first-order valence-electron chi connectivity index (χ1n) is 5.90. The molecule has 1 aromatic carbocycles. The average Bonchev–Trinajstić information content (AvgIpc) is 2.87. The van der Waals surface area contributed by atoms with Crippen LogP contribution >= 0.6 is 0 Å². The van der Waals surface area contributed by atoms with Crippen LogP contribution < -0.4 is 14.2 Å². The molecule has 8 heteroatoms. The molecule has 1 saturated heterocycles. The van der Waals surface area contributed by atoms with Gasteiger partial charge in [0.05, 0.1) is 18.9 Å². The first kappa shape index (κ1) is 12.5. The minimum Gasteiger partial charge on any atom is -0.454 e. The monoisotopic (exact) mass is 286 g/mol. The Kier molecular flexibility index (Phi) is 3.21. The van der Waals surface area contributed by atoms with Crippen molar-refractivity contribution in [1.29, 1.82) is 0 Å². The topological polar surface area (TPSA) is 77.1 Å². The van der Waals surface area contributed by atoms with Crippen molar-refractivity contribution in [3.8, 4) is 11.5 Å². The highest BCUT2D eigenvalue weighted by Gasteiger charge is 2.24. The molecule has 7 nitrogen and oxygen atoms in total. The predicted molar refractivity (Wildman–Crippen MR) is 67.5 cm³/mol. The highest BCUT2D eigenvalue weighted by atomic mass is 32.2. The summed E-state index contributed by atoms with van der Waals surface area (Å²) in [6.45, 7) is 1.72. The van der Waals surface area contributed by atoms with Crippen molar-refractivity contribution in [3.63, 3.8) is 0 Å². The average molecular weight is 286 g/mol. The third-order valence-corrected chi connectivity index (χ3v) is 4.47. The summed E-state index contributed by atoms with van der Waals surface area (Å²) in [5, 5.41) is 0. The van der Waals surface area contributed by atoms with Crippen LogP contribution in [0.25, 0.3) is 0 Å². The molecule has 19 heavy (non-hydrogen) atoms. The van der Waals surface area contributed by atoms with Crippen molar-refractivity contribution in [2.45, 2.75) is 0 Å². The number of fused-ring (bicyclic) bond motifs is 1. The Balaban J connectivity index is 1.76. The second-order valence-corrected chi connectivity index (χ2v) is 5.86. The standard InChI is InChI=1S/C11H14N2O5S/c14-19(15,13-3-5-16-6-4-13)12-9-1-2-10-11(7-9)18-8-17-10/h1-2,7,12H,3-6,8H2. The fraction of sp³-hybridized carbons (Fsp3) is 0.455. The van der Waals surface area contributed by atoms with Crippen LogP contribution in [0, 0.1) is 0 Å². The van der Waals surface area contributed by atoms with E-state index in [2.05, 4.69) is 4.72 Å². The van der Waals surface area contributed by atoms with Gasteiger partial charge in [0.1, 0.15) is 0 Å². The van der Waals surface area contributed by atoms with Crippen molar-refractivity contribution >= 4 is 15.9 Å². The quantitative estimate of drug-likeness (QED) is 0.870. The molecule has 0 atom stereocenters. The summed E-state index contributed by atoms with van der Waals surface area (Å²) in [6, 6.07) is 4.94. The number of ether oxygens (including phenoxy) is 3. The number of rotatable bonds is 3. The summed E-state index contributed by atoms with van der Waals surface area (Å²) < 4.78 is 43.7. The third kappa shape index (κ3) is 2.60. The highest BCUT2D eigenvalue weighted by Crippen LogP contribution is 2.34. The van der Waals surface area contributed by atoms with E-state index in [1.54, 1.807) is 18.2 Å². The van der Waals surface area contributed by atoms with Crippen molar-refractivity contribution in [3.05, 3.63) is 18.2 Å². The maximum Gasteiger partial charge on any atom is 0.301 e. The summed E-state index contributed by atoms with van der Waals surface area (Å²) in [6.07, 6.45) is 0. The zero-order valence-electron chi connectivity index (χ0n) is 10.2. The van der Waals surface area contributed by atoms with Gasteiger partial charge in [-0.1, -0.05) is 0 Å². The lowest BCUT2D eigenvalue weighted by molar-refractivity contribution is 0.0733. The Morgan fingerprint density at radius 1 is 1.11 bits per heavy atom. The first-order valence-corrected chi connectivity index (χ1v) is 7.34. The Hall–Kier alpha value is -1.51. The van der Waals surface area contributed by atoms with Gasteiger partial charge in [-0.15, -0.1) is 0 Å². The lowest BCUT2D eigenvalue weighted by Gasteiger charge is -2.26. The fourth-order valence-electron chi connectivity index (χ4n) is 1.96. The molecule has 0 aromatic heterocycles. The van der Waals surface area contributed by atoms with Crippen LogP contribution in [0.5, 0.6) is 11.5 Å². The molecule has 2 aliphatic rings. The molecule has 2 aliphatic heterocycles. The fourth-order valence-corrected chi connectivity index (χ4v) is 3.14. The van der Waals surface area contributed by atoms with E-state index < -0.39 is 10.2 Å². The summed E-state index contributed by atoms with van der Waals surface area (Å²) in [4.78, 5) is 0. The molecule has 0 amide bonds. The van der Waals surface area contributed by atoms with Crippen molar-refractivity contribution < 1.29 is 22.6 Å². The molecule has 0 radical (unpaired) electrons. The van der Waals surface area contributed by atoms with Gasteiger partial charge in [0, 0.05) is 19.2 Å². The largest absolute Gasteiger partial charge is 0.454 e. The Bertz CT molecular complexity index is 568. The number of anilines is 1. The Morgan fingerprint density at radius 3 is 2.63 bits per heavy atom. The number of nitrogens with one attached hydrogen (secondary N) is 1. The van der Waals surface area contributed by atoms with Gasteiger partial charge < -0.3 is 14.2 Å². The maximum atomic E-state index is 12.1. The molecule has 0 bridgehead atoms. The van der Waals surface area contributed by atoms with Crippen molar-refractivity contribution in [1.82, 2.24) is 4.31 Å². The van der Waals surface area contributed by atoms with Crippen LogP contribution in [0.1, 0.15) is 0 Å². The van der Waals surface area contributed by atoms with E-state index >= 15 is 0 Å². The normalized spacial score (nSPS) is 19.4. The zero-order chi connectivity index (χ0) is 13.3. The second kappa shape index (κ2) is 4.87. The van der Waals surface area contributed by atoms with Gasteiger partial charge in [0.2, 0.25) is 6.79 Å². The minimum atomic E-state index is -3.55. The molecule has 104 valence electrons. The van der Waals surface area contributed by atoms with Crippen molar-refractivity contribution in [2.24, 2.45) is 0 Å². The van der Waals surface area contributed by atoms with E-state index in [4.69, 9.17) is 14.2 Å². The van der Waals surface area contributed by atoms with Gasteiger partial charge in [-0.2, -0.15) is 12.7 Å². The maximum absolute atomic E-state index is 12.1. The molecule has 0 aliphatic carbocycles. The van der Waals surface area contributed by atoms with Gasteiger partial charge in [0.25, 0.3) is 0 Å². The van der Waals surface area contributed by atoms with Crippen LogP contribution in [0.4, 0.5) is 5.69 Å². The highest BCUT2D eigenvalue weighted by molar-refractivity contribution is 7.90. The molecule has 0 spiro atoms. The smallest absolute Gasteiger partial charge is 0.301 e. The lowest BCUT2D eigenvalue weighted by Crippen LogP contribution is -2.43. The second-order valence-electron chi connectivity index (χ2n) is 4.19. The molecule has 1 N–H and O–H groups in total. The molecule has 0 saturated carbocycles. The molecule has 3 rings (SSSR count). The zero-order valence-corrected chi connectivity index (χ0v) is 11.0. The van der Waals surface area contributed by atoms with Crippen LogP contribution in [0.15, 0.2) is 18.2 Å². The summed E-state index contributed by atoms with van der Waals surface area (Å²) >= 11 is 0. The molecule has 1 fully saturated rings. The van der Waals surface area contributed by atoms with Crippen LogP contribution in [0.3, 0.4) is 0 Å². The molecular weight excluding hydrogens is 272 g/mol. The summed E-state index contributed by atoms with van der Waals surface area (Å²) in [5.41, 5.74) is 0.454. The third-order valence-electron chi connectivity index (χ3n) is 2.93. The van der Waals surface area contributed by atoms with Gasteiger partial charge in [0.15, 0.2) is 11.5 Å². The van der Waals surface area contributed by atoms with Crippen LogP contribution in [-0.4, -0.2) is 45.8 Å². The van der Waals surface area contributed by atoms with E-state index in [1.807, 2.05) is 0 Å². The van der Waals surface area contributed by atoms with Gasteiger partial charge in [-0.25, -0.2) is 0 Å². The van der Waals surface area contributed by atoms with Gasteiger partial charge >= 0.3 is 10.2 Å². The van der Waals surface area contributed by atoms with Crippen LogP contribution in [-0.2, 0) is 14.9 Å². The van der Waals surface area contributed by atoms with Crippen molar-refractivity contribution in [2.75, 3.05) is 37.8 Å². The van der Waals surface area contributed by atoms with Crippen LogP contribution in [0.2, 0.25) is 0 Å². The number of hydrogen-bond acceptors (Lipinski definition) is 5. The number of benzene rings is 1. The van der Waals surface area contributed by atoms with Gasteiger partial charge in [-0.3, -0.25) is 4.72 Å². The summed E-state index contributed by atoms with van der Waals surface area (Å²) in [5.74, 6) is 1.16. The van der Waals surface area contributed by atoms with E-state index in [0.29, 0.717) is 43.5 Å².